The van der Waals surface area contributed by atoms with Crippen molar-refractivity contribution in [1.82, 2.24) is 29.3 Å². The number of pyridine rings is 2. The first-order valence-electron chi connectivity index (χ1n) is 13.3. The maximum absolute atomic E-state index is 11.0. The van der Waals surface area contributed by atoms with Gasteiger partial charge in [-0.1, -0.05) is 30.3 Å². The molecule has 4 aromatic heterocycles. The van der Waals surface area contributed by atoms with Gasteiger partial charge < -0.3 is 15.1 Å². The fourth-order valence-corrected chi connectivity index (χ4v) is 5.43. The molecule has 0 aliphatic carbocycles. The SMILES string of the molecule is Cn1cc(-c2cc(-c3ccc(N4CCN([C@H](O)[C@@H](CO)c5ccccc5)CC4)nc3)c3c(C#N)cnn3c2)cn1. The average molecular weight is 535 g/mol. The number of aromatic nitrogens is 5. The highest BCUT2D eigenvalue weighted by Crippen LogP contribution is 2.32. The smallest absolute Gasteiger partial charge is 0.128 e. The third-order valence-corrected chi connectivity index (χ3v) is 7.63. The van der Waals surface area contributed by atoms with E-state index in [1.165, 1.54) is 0 Å². The number of fused-ring (bicyclic) bond motifs is 1. The van der Waals surface area contributed by atoms with Crippen LogP contribution < -0.4 is 4.90 Å². The molecule has 10 nitrogen and oxygen atoms in total. The second-order valence-corrected chi connectivity index (χ2v) is 10.0. The van der Waals surface area contributed by atoms with E-state index >= 15 is 0 Å². The molecule has 0 radical (unpaired) electrons. The van der Waals surface area contributed by atoms with Gasteiger partial charge in [-0.2, -0.15) is 15.5 Å². The summed E-state index contributed by atoms with van der Waals surface area (Å²) in [4.78, 5) is 8.99. The summed E-state index contributed by atoms with van der Waals surface area (Å²) in [6.45, 7) is 2.61. The number of nitrogens with zero attached hydrogens (tertiary/aromatic N) is 8. The van der Waals surface area contributed by atoms with Gasteiger partial charge in [0.25, 0.3) is 0 Å². The van der Waals surface area contributed by atoms with Gasteiger partial charge in [0, 0.05) is 80.0 Å². The Balaban J connectivity index is 1.21. The molecule has 1 saturated heterocycles. The lowest BCUT2D eigenvalue weighted by atomic mass is 9.97. The third-order valence-electron chi connectivity index (χ3n) is 7.63. The molecule has 2 atom stereocenters. The Morgan fingerprint density at radius 1 is 0.925 bits per heavy atom. The maximum atomic E-state index is 11.0. The van der Waals surface area contributed by atoms with Crippen LogP contribution in [0.5, 0.6) is 0 Å². The number of hydrogen-bond acceptors (Lipinski definition) is 8. The molecule has 0 unspecified atom stereocenters. The summed E-state index contributed by atoms with van der Waals surface area (Å²) in [6, 6.07) is 18.0. The molecule has 0 saturated carbocycles. The number of hydrogen-bond donors (Lipinski definition) is 2. The van der Waals surface area contributed by atoms with Crippen LogP contribution in [0, 0.1) is 11.3 Å². The molecule has 40 heavy (non-hydrogen) atoms. The number of nitriles is 1. The first-order valence-corrected chi connectivity index (χ1v) is 13.3. The lowest BCUT2D eigenvalue weighted by Crippen LogP contribution is -2.52. The normalized spacial score (nSPS) is 15.7. The number of anilines is 1. The number of aryl methyl sites for hydroxylation is 1. The Morgan fingerprint density at radius 3 is 2.38 bits per heavy atom. The van der Waals surface area contributed by atoms with Crippen molar-refractivity contribution in [3.63, 3.8) is 0 Å². The van der Waals surface area contributed by atoms with Crippen molar-refractivity contribution in [2.75, 3.05) is 37.7 Å². The lowest BCUT2D eigenvalue weighted by molar-refractivity contribution is -0.0322. The van der Waals surface area contributed by atoms with Gasteiger partial charge in [-0.3, -0.25) is 9.58 Å². The number of piperazine rings is 1. The molecule has 0 bridgehead atoms. The van der Waals surface area contributed by atoms with Crippen molar-refractivity contribution < 1.29 is 10.2 Å². The summed E-state index contributed by atoms with van der Waals surface area (Å²) in [7, 11) is 1.88. The van der Waals surface area contributed by atoms with Crippen molar-refractivity contribution in [3.05, 3.63) is 90.6 Å². The van der Waals surface area contributed by atoms with Gasteiger partial charge in [-0.25, -0.2) is 9.50 Å². The Bertz CT molecular complexity index is 1650. The Kier molecular flexibility index (Phi) is 7.00. The van der Waals surface area contributed by atoms with E-state index in [0.29, 0.717) is 31.7 Å². The first-order chi connectivity index (χ1) is 19.6. The molecule has 0 spiro atoms. The number of rotatable bonds is 7. The summed E-state index contributed by atoms with van der Waals surface area (Å²) >= 11 is 0. The Labute approximate surface area is 232 Å². The number of aliphatic hydroxyl groups excluding tert-OH is 2. The Hall–Kier alpha value is -4.56. The zero-order valence-electron chi connectivity index (χ0n) is 22.2. The van der Waals surface area contributed by atoms with E-state index in [4.69, 9.17) is 4.98 Å². The molecule has 6 rings (SSSR count). The second kappa shape index (κ2) is 10.9. The van der Waals surface area contributed by atoms with Gasteiger partial charge in [-0.15, -0.1) is 0 Å². The third kappa shape index (κ3) is 4.82. The van der Waals surface area contributed by atoms with Crippen molar-refractivity contribution >= 4 is 11.3 Å². The van der Waals surface area contributed by atoms with Gasteiger partial charge in [0.2, 0.25) is 0 Å². The predicted molar refractivity (Wildman–Crippen MR) is 151 cm³/mol. The molecule has 10 heteroatoms. The van der Waals surface area contributed by atoms with Crippen LogP contribution in [0.1, 0.15) is 17.0 Å². The van der Waals surface area contributed by atoms with Crippen molar-refractivity contribution in [2.24, 2.45) is 7.05 Å². The van der Waals surface area contributed by atoms with E-state index in [-0.39, 0.29) is 12.5 Å². The maximum Gasteiger partial charge on any atom is 0.128 e. The molecule has 1 aliphatic heterocycles. The molecule has 2 N–H and O–H groups in total. The van der Waals surface area contributed by atoms with Crippen molar-refractivity contribution in [2.45, 2.75) is 12.1 Å². The molecular formula is C30H30N8O2. The average Bonchev–Trinajstić information content (AvgIpc) is 3.64. The summed E-state index contributed by atoms with van der Waals surface area (Å²) in [5.74, 6) is 0.499. The molecule has 1 fully saturated rings. The zero-order chi connectivity index (χ0) is 27.6. The van der Waals surface area contributed by atoms with Gasteiger partial charge >= 0.3 is 0 Å². The van der Waals surface area contributed by atoms with E-state index in [2.05, 4.69) is 27.2 Å². The van der Waals surface area contributed by atoms with Gasteiger partial charge in [-0.05, 0) is 23.8 Å². The number of aliphatic hydroxyl groups is 2. The van der Waals surface area contributed by atoms with Crippen molar-refractivity contribution in [1.29, 1.82) is 5.26 Å². The van der Waals surface area contributed by atoms with Crippen LogP contribution in [0.3, 0.4) is 0 Å². The van der Waals surface area contributed by atoms with E-state index in [0.717, 1.165) is 39.2 Å². The van der Waals surface area contributed by atoms with E-state index in [9.17, 15) is 15.5 Å². The minimum Gasteiger partial charge on any atom is -0.396 e. The lowest BCUT2D eigenvalue weighted by Gasteiger charge is -2.40. The highest BCUT2D eigenvalue weighted by atomic mass is 16.3. The fraction of sp³-hybridized carbons (Fsp3) is 0.267. The highest BCUT2D eigenvalue weighted by molar-refractivity contribution is 5.87. The van der Waals surface area contributed by atoms with Crippen LogP contribution in [0.4, 0.5) is 5.82 Å². The largest absolute Gasteiger partial charge is 0.396 e. The van der Waals surface area contributed by atoms with Crippen LogP contribution >= 0.6 is 0 Å². The molecule has 202 valence electrons. The van der Waals surface area contributed by atoms with E-state index < -0.39 is 6.23 Å². The highest BCUT2D eigenvalue weighted by Gasteiger charge is 2.29. The topological polar surface area (TPSA) is 119 Å². The van der Waals surface area contributed by atoms with Crippen LogP contribution in [-0.4, -0.2) is 78.5 Å². The summed E-state index contributed by atoms with van der Waals surface area (Å²) in [6.07, 6.45) is 8.32. The molecule has 5 aromatic rings. The standard InChI is InChI=1S/C30H30N8O2/c1-35-18-25(17-33-35)23-13-26(29-24(14-31)16-34-38(29)19-23)22-7-8-28(32-15-22)36-9-11-37(12-10-36)30(40)27(20-39)21-5-3-2-4-6-21/h2-8,13,15-19,27,30,39-40H,9-12,20H2,1H3/t27-,30+/m0/s1. The predicted octanol–water partition coefficient (Wildman–Crippen LogP) is 2.88. The number of benzene rings is 1. The fourth-order valence-electron chi connectivity index (χ4n) is 5.43. The second-order valence-electron chi connectivity index (χ2n) is 10.0. The quantitative estimate of drug-likeness (QED) is 0.327. The van der Waals surface area contributed by atoms with E-state index in [1.807, 2.05) is 73.0 Å². The van der Waals surface area contributed by atoms with Gasteiger partial charge in [0.05, 0.1) is 30.1 Å². The summed E-state index contributed by atoms with van der Waals surface area (Å²) in [5.41, 5.74) is 5.83. The summed E-state index contributed by atoms with van der Waals surface area (Å²) in [5, 5.41) is 39.4. The van der Waals surface area contributed by atoms with E-state index in [1.54, 1.807) is 21.6 Å². The van der Waals surface area contributed by atoms with Gasteiger partial charge in [0.1, 0.15) is 18.1 Å². The van der Waals surface area contributed by atoms with Gasteiger partial charge in [0.15, 0.2) is 0 Å². The minimum atomic E-state index is -0.760. The van der Waals surface area contributed by atoms with Crippen LogP contribution in [0.2, 0.25) is 0 Å². The molecule has 0 amide bonds. The molecule has 1 aromatic carbocycles. The molecule has 1 aliphatic rings. The Morgan fingerprint density at radius 2 is 1.73 bits per heavy atom. The molecular weight excluding hydrogens is 504 g/mol. The van der Waals surface area contributed by atoms with Crippen LogP contribution in [-0.2, 0) is 7.05 Å². The zero-order valence-corrected chi connectivity index (χ0v) is 22.2. The monoisotopic (exact) mass is 534 g/mol. The minimum absolute atomic E-state index is 0.117. The summed E-state index contributed by atoms with van der Waals surface area (Å²) < 4.78 is 3.49. The van der Waals surface area contributed by atoms with Crippen LogP contribution in [0.15, 0.2) is 79.5 Å². The van der Waals surface area contributed by atoms with Crippen molar-refractivity contribution in [3.8, 4) is 28.3 Å². The first kappa shape index (κ1) is 25.7. The molecule has 5 heterocycles. The van der Waals surface area contributed by atoms with Crippen LogP contribution in [0.25, 0.3) is 27.8 Å².